The van der Waals surface area contributed by atoms with Crippen molar-refractivity contribution in [3.63, 3.8) is 0 Å². The number of nitrogens with one attached hydrogen (secondary N) is 1. The van der Waals surface area contributed by atoms with Crippen LogP contribution in [0.15, 0.2) is 59.2 Å². The predicted octanol–water partition coefficient (Wildman–Crippen LogP) is 6.14. The van der Waals surface area contributed by atoms with Crippen molar-refractivity contribution >= 4 is 18.4 Å². The molecule has 1 saturated carbocycles. The molecule has 3 N–H and O–H groups in total. The van der Waals surface area contributed by atoms with Crippen LogP contribution in [0.25, 0.3) is 12.2 Å². The van der Waals surface area contributed by atoms with E-state index in [1.807, 2.05) is 13.8 Å². The summed E-state index contributed by atoms with van der Waals surface area (Å²) in [6.45, 7) is 8.91. The lowest BCUT2D eigenvalue weighted by Gasteiger charge is -2.50. The monoisotopic (exact) mass is 472 g/mol. The first-order valence-corrected chi connectivity index (χ1v) is 12.9. The Morgan fingerprint density at radius 2 is 1.86 bits per heavy atom. The maximum absolute atomic E-state index is 6.61. The van der Waals surface area contributed by atoms with Crippen LogP contribution in [0.3, 0.4) is 0 Å². The summed E-state index contributed by atoms with van der Waals surface area (Å²) >= 11 is 0. The topological polar surface area (TPSA) is 66.6 Å². The van der Waals surface area contributed by atoms with Gasteiger partial charge in [0.2, 0.25) is 0 Å². The van der Waals surface area contributed by atoms with Crippen molar-refractivity contribution in [3.05, 3.63) is 82.2 Å². The van der Waals surface area contributed by atoms with Crippen molar-refractivity contribution in [2.24, 2.45) is 10.9 Å². The number of H-pyrrole nitrogens is 1. The number of ether oxygens (including phenoxy) is 1. The van der Waals surface area contributed by atoms with Crippen molar-refractivity contribution in [2.45, 2.75) is 63.5 Å². The second-order valence-corrected chi connectivity index (χ2v) is 9.77. The Labute approximate surface area is 210 Å². The molecule has 35 heavy (non-hydrogen) atoms. The normalized spacial score (nSPS) is 25.5. The molecule has 0 bridgehead atoms. The third-order valence-electron chi connectivity index (χ3n) is 8.00. The molecule has 0 radical (unpaired) electrons. The van der Waals surface area contributed by atoms with Crippen LogP contribution in [0.4, 0.5) is 0 Å². The number of benzene rings is 1. The Bertz CT molecular complexity index is 1130. The number of fused-ring (bicyclic) bond motifs is 4. The number of rotatable bonds is 4. The molecule has 1 aromatic carbocycles. The van der Waals surface area contributed by atoms with Crippen LogP contribution < -0.4 is 5.84 Å². The Morgan fingerprint density at radius 1 is 1.14 bits per heavy atom. The SMILES string of the molecule is C=C(/C=N\N)C1=Cc2c([nH]c3c2CCOC32CCC(c3ccccc3)(N(C)C)CC2)C=CC1.CC. The molecule has 1 spiro atoms. The molecule has 5 nitrogen and oxygen atoms in total. The number of hydrogen-bond acceptors (Lipinski definition) is 4. The minimum absolute atomic E-state index is 0.0451. The van der Waals surface area contributed by atoms with E-state index >= 15 is 0 Å². The number of nitrogens with two attached hydrogens (primary N) is 1. The molecule has 2 aliphatic carbocycles. The number of hydrogen-bond donors (Lipinski definition) is 2. The molecule has 0 unspecified atom stereocenters. The maximum Gasteiger partial charge on any atom is 0.108 e. The fraction of sp³-hybridized carbons (Fsp3) is 0.433. The van der Waals surface area contributed by atoms with E-state index in [1.165, 1.54) is 28.1 Å². The van der Waals surface area contributed by atoms with Crippen LogP contribution in [-0.2, 0) is 22.3 Å². The van der Waals surface area contributed by atoms with Crippen LogP contribution in [0.2, 0.25) is 0 Å². The molecule has 0 amide bonds. The van der Waals surface area contributed by atoms with Gasteiger partial charge in [-0.1, -0.05) is 56.8 Å². The van der Waals surface area contributed by atoms with Crippen LogP contribution in [-0.4, -0.2) is 36.8 Å². The molecule has 3 aliphatic rings. The largest absolute Gasteiger partial charge is 0.368 e. The molecule has 0 atom stereocenters. The molecular formula is C30H40N4O. The third kappa shape index (κ3) is 4.43. The minimum atomic E-state index is -0.244. The minimum Gasteiger partial charge on any atom is -0.368 e. The fourth-order valence-corrected chi connectivity index (χ4v) is 6.08. The summed E-state index contributed by atoms with van der Waals surface area (Å²) in [4.78, 5) is 6.19. The fourth-order valence-electron chi connectivity index (χ4n) is 6.08. The molecule has 5 heteroatoms. The Kier molecular flexibility index (Phi) is 7.48. The lowest BCUT2D eigenvalue weighted by molar-refractivity contribution is -0.113. The van der Waals surface area contributed by atoms with Gasteiger partial charge in [0.05, 0.1) is 18.5 Å². The standard InChI is InChI=1S/C28H34N4O.C2H6/c1-20(19-30-29)21-8-7-11-25-24(18-21)23-12-17-33-28(26(23)31-25)15-13-27(14-16-28,32(2)3)22-9-5-4-6-10-22;1-2/h4-7,9-11,18-19,31H,1,8,12-17,29H2,2-3H3;1-2H3/b30-19-;. The Balaban J connectivity index is 0.00000141. The Hall–Kier alpha value is -2.89. The molecule has 2 aromatic rings. The highest BCUT2D eigenvalue weighted by molar-refractivity contribution is 5.88. The van der Waals surface area contributed by atoms with E-state index in [0.29, 0.717) is 0 Å². The van der Waals surface area contributed by atoms with Gasteiger partial charge in [0, 0.05) is 16.8 Å². The number of nitrogens with zero attached hydrogens (tertiary/aromatic N) is 2. The van der Waals surface area contributed by atoms with Gasteiger partial charge in [-0.2, -0.15) is 5.10 Å². The van der Waals surface area contributed by atoms with Crippen LogP contribution in [0.5, 0.6) is 0 Å². The molecule has 186 valence electrons. The lowest BCUT2D eigenvalue weighted by atomic mass is 9.68. The molecular weight excluding hydrogens is 432 g/mol. The van der Waals surface area contributed by atoms with Gasteiger partial charge in [-0.25, -0.2) is 0 Å². The van der Waals surface area contributed by atoms with Gasteiger partial charge < -0.3 is 15.6 Å². The molecule has 2 heterocycles. The van der Waals surface area contributed by atoms with E-state index in [0.717, 1.165) is 56.3 Å². The summed E-state index contributed by atoms with van der Waals surface area (Å²) in [5.41, 5.74) is 8.34. The van der Waals surface area contributed by atoms with Gasteiger partial charge in [0.15, 0.2) is 0 Å². The van der Waals surface area contributed by atoms with E-state index in [4.69, 9.17) is 10.6 Å². The van der Waals surface area contributed by atoms with E-state index in [1.54, 1.807) is 6.21 Å². The van der Waals surface area contributed by atoms with Gasteiger partial charge in [0.25, 0.3) is 0 Å². The average molecular weight is 473 g/mol. The second-order valence-electron chi connectivity index (χ2n) is 9.77. The van der Waals surface area contributed by atoms with Gasteiger partial charge in [-0.3, -0.25) is 4.90 Å². The van der Waals surface area contributed by atoms with E-state index in [9.17, 15) is 0 Å². The molecule has 1 aromatic heterocycles. The van der Waals surface area contributed by atoms with Crippen LogP contribution >= 0.6 is 0 Å². The van der Waals surface area contributed by atoms with E-state index in [-0.39, 0.29) is 11.1 Å². The van der Waals surface area contributed by atoms with Gasteiger partial charge >= 0.3 is 0 Å². The number of allylic oxidation sites excluding steroid dienone is 3. The summed E-state index contributed by atoms with van der Waals surface area (Å²) < 4.78 is 6.61. The highest BCUT2D eigenvalue weighted by atomic mass is 16.5. The maximum atomic E-state index is 6.61. The van der Waals surface area contributed by atoms with Crippen LogP contribution in [0, 0.1) is 0 Å². The van der Waals surface area contributed by atoms with Crippen molar-refractivity contribution < 1.29 is 4.74 Å². The smallest absolute Gasteiger partial charge is 0.108 e. The molecule has 1 aliphatic heterocycles. The average Bonchev–Trinajstić information content (AvgIpc) is 3.10. The summed E-state index contributed by atoms with van der Waals surface area (Å²) in [5, 5.41) is 3.67. The van der Waals surface area contributed by atoms with Crippen LogP contribution in [0.1, 0.15) is 74.0 Å². The van der Waals surface area contributed by atoms with E-state index in [2.05, 4.69) is 84.2 Å². The number of hydrazone groups is 1. The lowest BCUT2D eigenvalue weighted by Crippen LogP contribution is -2.50. The van der Waals surface area contributed by atoms with Crippen molar-refractivity contribution in [3.8, 4) is 0 Å². The molecule has 0 saturated heterocycles. The summed E-state index contributed by atoms with van der Waals surface area (Å²) in [7, 11) is 4.42. The summed E-state index contributed by atoms with van der Waals surface area (Å²) in [6.07, 6.45) is 14.2. The first-order valence-electron chi connectivity index (χ1n) is 12.9. The first kappa shape index (κ1) is 25.2. The number of aromatic amines is 1. The van der Waals surface area contributed by atoms with E-state index < -0.39 is 0 Å². The zero-order chi connectivity index (χ0) is 25.1. The quantitative estimate of drug-likeness (QED) is 0.319. The second kappa shape index (κ2) is 10.4. The Morgan fingerprint density at radius 3 is 2.51 bits per heavy atom. The van der Waals surface area contributed by atoms with Gasteiger partial charge in [-0.15, -0.1) is 0 Å². The highest BCUT2D eigenvalue weighted by Crippen LogP contribution is 2.52. The predicted molar refractivity (Wildman–Crippen MR) is 147 cm³/mol. The number of aromatic nitrogens is 1. The first-order chi connectivity index (χ1) is 17.0. The molecule has 5 rings (SSSR count). The molecule has 1 fully saturated rings. The zero-order valence-electron chi connectivity index (χ0n) is 21.7. The highest BCUT2D eigenvalue weighted by Gasteiger charge is 2.49. The summed E-state index contributed by atoms with van der Waals surface area (Å²) in [6, 6.07) is 11.0. The zero-order valence-corrected chi connectivity index (χ0v) is 21.7. The van der Waals surface area contributed by atoms with Gasteiger partial charge in [0.1, 0.15) is 5.60 Å². The van der Waals surface area contributed by atoms with Crippen molar-refractivity contribution in [1.82, 2.24) is 9.88 Å². The summed E-state index contributed by atoms with van der Waals surface area (Å²) in [5.74, 6) is 5.38. The van der Waals surface area contributed by atoms with Gasteiger partial charge in [-0.05, 0) is 87.0 Å². The van der Waals surface area contributed by atoms with Crippen molar-refractivity contribution in [1.29, 1.82) is 0 Å². The van der Waals surface area contributed by atoms with Crippen molar-refractivity contribution in [2.75, 3.05) is 20.7 Å². The third-order valence-corrected chi connectivity index (χ3v) is 8.00.